The molecular formula is C11H15N5O. The monoisotopic (exact) mass is 233 g/mol. The maximum absolute atomic E-state index is 11.7. The van der Waals surface area contributed by atoms with E-state index in [0.29, 0.717) is 11.4 Å². The van der Waals surface area contributed by atoms with Crippen LogP contribution in [0, 0.1) is 37.0 Å². The summed E-state index contributed by atoms with van der Waals surface area (Å²) in [5, 5.41) is 19.0. The number of amides is 1. The Morgan fingerprint density at radius 2 is 1.94 bits per heavy atom. The van der Waals surface area contributed by atoms with Crippen molar-refractivity contribution in [3.8, 4) is 6.07 Å². The molecule has 1 aromatic rings. The van der Waals surface area contributed by atoms with Gasteiger partial charge in [0.25, 0.3) is 0 Å². The molecule has 90 valence electrons. The largest absolute Gasteiger partial charge is 0.292 e. The number of nitrogens with zero attached hydrogens (tertiary/aromatic N) is 4. The number of aryl methyl sites for hydroxylation is 2. The molecule has 1 aromatic heterocycles. The van der Waals surface area contributed by atoms with Crippen LogP contribution in [0.15, 0.2) is 0 Å². The molecule has 17 heavy (non-hydrogen) atoms. The molecule has 0 radical (unpaired) electrons. The van der Waals surface area contributed by atoms with Crippen molar-refractivity contribution in [1.82, 2.24) is 15.2 Å². The van der Waals surface area contributed by atoms with Crippen molar-refractivity contribution in [3.63, 3.8) is 0 Å². The highest BCUT2D eigenvalue weighted by Crippen LogP contribution is 2.12. The van der Waals surface area contributed by atoms with E-state index in [1.54, 1.807) is 13.8 Å². The van der Waals surface area contributed by atoms with Gasteiger partial charge in [-0.1, -0.05) is 13.8 Å². The minimum atomic E-state index is -0.708. The van der Waals surface area contributed by atoms with Gasteiger partial charge in [-0.05, 0) is 19.8 Å². The molecule has 6 heteroatoms. The van der Waals surface area contributed by atoms with Crippen molar-refractivity contribution in [2.45, 2.75) is 27.7 Å². The van der Waals surface area contributed by atoms with Crippen molar-refractivity contribution >= 4 is 11.9 Å². The summed E-state index contributed by atoms with van der Waals surface area (Å²) in [5.41, 5.74) is 1.41. The van der Waals surface area contributed by atoms with Crippen LogP contribution in [0.3, 0.4) is 0 Å². The van der Waals surface area contributed by atoms with Crippen LogP contribution in [0.25, 0.3) is 0 Å². The predicted molar refractivity (Wildman–Crippen MR) is 61.9 cm³/mol. The fourth-order valence-electron chi connectivity index (χ4n) is 1.21. The molecule has 1 atom stereocenters. The third-order valence-corrected chi connectivity index (χ3v) is 2.42. The summed E-state index contributed by atoms with van der Waals surface area (Å²) in [4.78, 5) is 15.8. The maximum atomic E-state index is 11.7. The van der Waals surface area contributed by atoms with E-state index in [2.05, 4.69) is 20.5 Å². The number of rotatable bonds is 3. The fourth-order valence-corrected chi connectivity index (χ4v) is 1.21. The van der Waals surface area contributed by atoms with Gasteiger partial charge in [0, 0.05) is 0 Å². The van der Waals surface area contributed by atoms with E-state index < -0.39 is 11.8 Å². The minimum absolute atomic E-state index is 0.0560. The maximum Gasteiger partial charge on any atom is 0.249 e. The average Bonchev–Trinajstić information content (AvgIpc) is 2.24. The number of hydrogen-bond acceptors (Lipinski definition) is 5. The highest BCUT2D eigenvalue weighted by atomic mass is 16.2. The van der Waals surface area contributed by atoms with Crippen LogP contribution in [-0.4, -0.2) is 21.1 Å². The Kier molecular flexibility index (Phi) is 4.10. The normalized spacial score (nSPS) is 12.0. The van der Waals surface area contributed by atoms with E-state index in [0.717, 1.165) is 0 Å². The van der Waals surface area contributed by atoms with Crippen molar-refractivity contribution < 1.29 is 4.79 Å². The molecule has 1 N–H and O–H groups in total. The lowest BCUT2D eigenvalue weighted by Gasteiger charge is -2.12. The molecule has 6 nitrogen and oxygen atoms in total. The molecule has 0 saturated carbocycles. The van der Waals surface area contributed by atoms with Gasteiger partial charge in [-0.2, -0.15) is 10.4 Å². The van der Waals surface area contributed by atoms with Crippen LogP contribution in [0.5, 0.6) is 0 Å². The summed E-state index contributed by atoms with van der Waals surface area (Å²) < 4.78 is 0. The summed E-state index contributed by atoms with van der Waals surface area (Å²) in [7, 11) is 0. The second-order valence-electron chi connectivity index (χ2n) is 4.15. The van der Waals surface area contributed by atoms with Crippen LogP contribution in [-0.2, 0) is 4.79 Å². The molecular weight excluding hydrogens is 218 g/mol. The summed E-state index contributed by atoms with van der Waals surface area (Å²) >= 11 is 0. The van der Waals surface area contributed by atoms with Crippen molar-refractivity contribution in [2.75, 3.05) is 5.32 Å². The Hall–Kier alpha value is -2.03. The molecule has 0 bridgehead atoms. The highest BCUT2D eigenvalue weighted by Gasteiger charge is 2.22. The van der Waals surface area contributed by atoms with Crippen molar-refractivity contribution in [1.29, 1.82) is 5.26 Å². The standard InChI is InChI=1S/C11H15N5O/c1-6(2)9(5-12)10(17)14-11-13-7(3)8(4)15-16-11/h6,9H,1-4H3,(H,13,14,16,17). The zero-order valence-electron chi connectivity index (χ0n) is 10.4. The Labute approximate surface area is 100 Å². The lowest BCUT2D eigenvalue weighted by molar-refractivity contribution is -0.119. The highest BCUT2D eigenvalue weighted by molar-refractivity contribution is 5.92. The smallest absolute Gasteiger partial charge is 0.249 e. The predicted octanol–water partition coefficient (Wildman–Crippen LogP) is 1.22. The van der Waals surface area contributed by atoms with Gasteiger partial charge in [0.2, 0.25) is 11.9 Å². The third-order valence-electron chi connectivity index (χ3n) is 2.42. The second-order valence-corrected chi connectivity index (χ2v) is 4.15. The number of carbonyl (C=O) groups is 1. The van der Waals surface area contributed by atoms with Crippen LogP contribution >= 0.6 is 0 Å². The second kappa shape index (κ2) is 5.34. The summed E-state index contributed by atoms with van der Waals surface area (Å²) in [6, 6.07) is 1.96. The van der Waals surface area contributed by atoms with Crippen molar-refractivity contribution in [3.05, 3.63) is 11.4 Å². The van der Waals surface area contributed by atoms with E-state index in [1.165, 1.54) is 0 Å². The Balaban J connectivity index is 2.81. The number of aromatic nitrogens is 3. The third kappa shape index (κ3) is 3.21. The lowest BCUT2D eigenvalue weighted by atomic mass is 9.97. The zero-order valence-corrected chi connectivity index (χ0v) is 10.4. The van der Waals surface area contributed by atoms with E-state index in [1.807, 2.05) is 19.9 Å². The van der Waals surface area contributed by atoms with Gasteiger partial charge in [0.15, 0.2) is 0 Å². The fraction of sp³-hybridized carbons (Fsp3) is 0.545. The summed E-state index contributed by atoms with van der Waals surface area (Å²) in [5.74, 6) is -1.02. The Morgan fingerprint density at radius 1 is 1.29 bits per heavy atom. The molecule has 0 saturated heterocycles. The quantitative estimate of drug-likeness (QED) is 0.847. The van der Waals surface area contributed by atoms with E-state index >= 15 is 0 Å². The van der Waals surface area contributed by atoms with Crippen LogP contribution in [0.1, 0.15) is 25.2 Å². The Morgan fingerprint density at radius 3 is 2.41 bits per heavy atom. The van der Waals surface area contributed by atoms with Crippen LogP contribution < -0.4 is 5.32 Å². The summed E-state index contributed by atoms with van der Waals surface area (Å²) in [6.45, 7) is 7.19. The van der Waals surface area contributed by atoms with E-state index in [-0.39, 0.29) is 11.9 Å². The van der Waals surface area contributed by atoms with Crippen LogP contribution in [0.2, 0.25) is 0 Å². The zero-order chi connectivity index (χ0) is 13.0. The first-order valence-corrected chi connectivity index (χ1v) is 5.34. The van der Waals surface area contributed by atoms with Gasteiger partial charge in [-0.25, -0.2) is 4.98 Å². The number of nitrogens with one attached hydrogen (secondary N) is 1. The SMILES string of the molecule is Cc1nnc(NC(=O)C(C#N)C(C)C)nc1C. The molecule has 0 aromatic carbocycles. The molecule has 0 spiro atoms. The number of carbonyl (C=O) groups excluding carboxylic acids is 1. The first-order valence-electron chi connectivity index (χ1n) is 5.34. The number of nitriles is 1. The molecule has 1 rings (SSSR count). The van der Waals surface area contributed by atoms with Crippen LogP contribution in [0.4, 0.5) is 5.95 Å². The minimum Gasteiger partial charge on any atom is -0.292 e. The average molecular weight is 233 g/mol. The van der Waals surface area contributed by atoms with Gasteiger partial charge in [-0.15, -0.1) is 5.10 Å². The first kappa shape index (κ1) is 13.0. The Bertz CT molecular complexity index is 463. The van der Waals surface area contributed by atoms with Gasteiger partial charge < -0.3 is 0 Å². The van der Waals surface area contributed by atoms with E-state index in [9.17, 15) is 4.79 Å². The van der Waals surface area contributed by atoms with Crippen molar-refractivity contribution in [2.24, 2.45) is 11.8 Å². The van der Waals surface area contributed by atoms with Gasteiger partial charge in [0.05, 0.1) is 17.5 Å². The molecule has 1 amide bonds. The van der Waals surface area contributed by atoms with Gasteiger partial charge >= 0.3 is 0 Å². The first-order chi connectivity index (χ1) is 7.95. The molecule has 0 fully saturated rings. The number of anilines is 1. The van der Waals surface area contributed by atoms with Gasteiger partial charge in [0.1, 0.15) is 5.92 Å². The van der Waals surface area contributed by atoms with E-state index in [4.69, 9.17) is 5.26 Å². The molecule has 0 aliphatic rings. The lowest BCUT2D eigenvalue weighted by Crippen LogP contribution is -2.26. The topological polar surface area (TPSA) is 91.6 Å². The molecule has 0 aliphatic heterocycles. The number of hydrogen-bond donors (Lipinski definition) is 1. The molecule has 1 heterocycles. The molecule has 0 aliphatic carbocycles. The molecule has 1 unspecified atom stereocenters. The van der Waals surface area contributed by atoms with Gasteiger partial charge in [-0.3, -0.25) is 10.1 Å². The summed E-state index contributed by atoms with van der Waals surface area (Å²) in [6.07, 6.45) is 0.